The molecule has 1 aliphatic carbocycles. The van der Waals surface area contributed by atoms with E-state index in [4.69, 9.17) is 0 Å². The Balaban J connectivity index is 0.000000644. The lowest BCUT2D eigenvalue weighted by Crippen LogP contribution is -2.44. The number of fused-ring (bicyclic) bond motifs is 1. The van der Waals surface area contributed by atoms with Gasteiger partial charge < -0.3 is 9.80 Å². The van der Waals surface area contributed by atoms with E-state index in [1.165, 1.54) is 12.8 Å². The Morgan fingerprint density at radius 1 is 0.897 bits per heavy atom. The molecule has 0 radical (unpaired) electrons. The van der Waals surface area contributed by atoms with E-state index in [2.05, 4.69) is 28.0 Å². The van der Waals surface area contributed by atoms with Gasteiger partial charge in [0, 0.05) is 31.2 Å². The van der Waals surface area contributed by atoms with Crippen LogP contribution in [-0.4, -0.2) is 46.7 Å². The summed E-state index contributed by atoms with van der Waals surface area (Å²) in [6.45, 7) is 17.7. The minimum atomic E-state index is -0.173. The van der Waals surface area contributed by atoms with Crippen molar-refractivity contribution in [3.63, 3.8) is 0 Å². The number of rotatable bonds is 3. The van der Waals surface area contributed by atoms with Crippen LogP contribution in [0.1, 0.15) is 78.6 Å². The average molecular weight is 407 g/mol. The normalized spacial score (nSPS) is 16.4. The van der Waals surface area contributed by atoms with Crippen molar-refractivity contribution in [2.24, 2.45) is 0 Å². The van der Waals surface area contributed by atoms with E-state index in [0.717, 1.165) is 48.9 Å². The molecule has 4 rings (SSSR count). The molecule has 1 aliphatic heterocycles. The standard InChI is InChI=1S/C18H25FN4.3C2H6/c1-12-10-18-17(11-16(19)13(2)23(18)20-12)22-8-6-15(7-9-22)21(3)14-4-5-14;3*1-2/h10-11,14-15H,4-9H2,1-3H3;3*1-2H3. The molecule has 0 aromatic carbocycles. The maximum absolute atomic E-state index is 14.3. The molecule has 1 saturated carbocycles. The second-order valence-corrected chi connectivity index (χ2v) is 7.16. The van der Waals surface area contributed by atoms with Gasteiger partial charge in [-0.15, -0.1) is 0 Å². The van der Waals surface area contributed by atoms with Crippen LogP contribution in [-0.2, 0) is 0 Å². The fourth-order valence-corrected chi connectivity index (χ4v) is 3.88. The summed E-state index contributed by atoms with van der Waals surface area (Å²) in [6.07, 6.45) is 5.02. The van der Waals surface area contributed by atoms with Gasteiger partial charge in [-0.05, 0) is 52.6 Å². The van der Waals surface area contributed by atoms with Crippen LogP contribution in [0.15, 0.2) is 12.1 Å². The largest absolute Gasteiger partial charge is 0.370 e. The van der Waals surface area contributed by atoms with E-state index < -0.39 is 0 Å². The van der Waals surface area contributed by atoms with E-state index in [1.54, 1.807) is 17.5 Å². The van der Waals surface area contributed by atoms with Gasteiger partial charge >= 0.3 is 0 Å². The Hall–Kier alpha value is -1.62. The Morgan fingerprint density at radius 3 is 1.93 bits per heavy atom. The summed E-state index contributed by atoms with van der Waals surface area (Å²) in [5.74, 6) is -0.173. The first-order valence-electron chi connectivity index (χ1n) is 11.7. The van der Waals surface area contributed by atoms with E-state index in [9.17, 15) is 4.39 Å². The number of aromatic nitrogens is 2. The highest BCUT2D eigenvalue weighted by atomic mass is 19.1. The fourth-order valence-electron chi connectivity index (χ4n) is 3.88. The lowest BCUT2D eigenvalue weighted by molar-refractivity contribution is 0.199. The first-order valence-corrected chi connectivity index (χ1v) is 11.7. The van der Waals surface area contributed by atoms with Crippen LogP contribution in [0.25, 0.3) is 5.52 Å². The van der Waals surface area contributed by atoms with Gasteiger partial charge in [0.05, 0.1) is 22.6 Å². The summed E-state index contributed by atoms with van der Waals surface area (Å²) in [4.78, 5) is 4.89. The molecule has 29 heavy (non-hydrogen) atoms. The van der Waals surface area contributed by atoms with Gasteiger partial charge in [-0.2, -0.15) is 5.10 Å². The summed E-state index contributed by atoms with van der Waals surface area (Å²) in [6, 6.07) is 5.24. The fraction of sp³-hybridized carbons (Fsp3) is 0.708. The van der Waals surface area contributed by atoms with E-state index in [1.807, 2.05) is 48.5 Å². The Bertz CT molecular complexity index is 728. The van der Waals surface area contributed by atoms with Crippen molar-refractivity contribution in [2.45, 2.75) is 93.2 Å². The second-order valence-electron chi connectivity index (χ2n) is 7.16. The number of anilines is 1. The topological polar surface area (TPSA) is 23.8 Å². The first kappa shape index (κ1) is 25.4. The summed E-state index contributed by atoms with van der Waals surface area (Å²) < 4.78 is 16.0. The number of pyridine rings is 1. The molecule has 0 bridgehead atoms. The predicted octanol–water partition coefficient (Wildman–Crippen LogP) is 6.23. The Kier molecular flexibility index (Phi) is 10.7. The zero-order valence-electron chi connectivity index (χ0n) is 20.2. The van der Waals surface area contributed by atoms with E-state index in [-0.39, 0.29) is 5.82 Å². The number of piperidine rings is 1. The van der Waals surface area contributed by atoms with Gasteiger partial charge in [-0.1, -0.05) is 41.5 Å². The van der Waals surface area contributed by atoms with Crippen LogP contribution in [0.3, 0.4) is 0 Å². The average Bonchev–Trinajstić information content (AvgIpc) is 3.56. The summed E-state index contributed by atoms with van der Waals surface area (Å²) in [7, 11) is 2.27. The van der Waals surface area contributed by atoms with Crippen LogP contribution in [0.2, 0.25) is 0 Å². The molecule has 3 heterocycles. The molecule has 1 saturated heterocycles. The smallest absolute Gasteiger partial charge is 0.146 e. The summed E-state index contributed by atoms with van der Waals surface area (Å²) >= 11 is 0. The zero-order chi connectivity index (χ0) is 22.1. The molecule has 5 heteroatoms. The Labute approximate surface area is 178 Å². The van der Waals surface area contributed by atoms with Crippen molar-refractivity contribution in [3.05, 3.63) is 29.3 Å². The van der Waals surface area contributed by atoms with Crippen molar-refractivity contribution in [1.82, 2.24) is 14.5 Å². The van der Waals surface area contributed by atoms with Crippen molar-refractivity contribution < 1.29 is 4.39 Å². The molecule has 2 aromatic rings. The zero-order valence-corrected chi connectivity index (χ0v) is 20.2. The van der Waals surface area contributed by atoms with Gasteiger partial charge in [-0.25, -0.2) is 8.91 Å². The van der Waals surface area contributed by atoms with Crippen molar-refractivity contribution >= 4 is 11.2 Å². The lowest BCUT2D eigenvalue weighted by Gasteiger charge is -2.38. The van der Waals surface area contributed by atoms with Crippen molar-refractivity contribution in [2.75, 3.05) is 25.0 Å². The van der Waals surface area contributed by atoms with Crippen LogP contribution >= 0.6 is 0 Å². The van der Waals surface area contributed by atoms with E-state index >= 15 is 0 Å². The molecule has 0 atom stereocenters. The third-order valence-corrected chi connectivity index (χ3v) is 5.52. The third kappa shape index (κ3) is 5.94. The number of nitrogens with zero attached hydrogens (tertiary/aromatic N) is 4. The maximum Gasteiger partial charge on any atom is 0.146 e. The van der Waals surface area contributed by atoms with Gasteiger partial charge in [0.25, 0.3) is 0 Å². The second kappa shape index (κ2) is 12.2. The van der Waals surface area contributed by atoms with Gasteiger partial charge in [0.1, 0.15) is 5.82 Å². The molecular weight excluding hydrogens is 363 g/mol. The minimum absolute atomic E-state index is 0.173. The Morgan fingerprint density at radius 2 is 1.41 bits per heavy atom. The first-order chi connectivity index (χ1) is 14.0. The minimum Gasteiger partial charge on any atom is -0.370 e. The number of halogens is 1. The van der Waals surface area contributed by atoms with Crippen molar-refractivity contribution in [3.8, 4) is 0 Å². The molecule has 2 aromatic heterocycles. The molecule has 0 unspecified atom stereocenters. The molecule has 2 aliphatic rings. The maximum atomic E-state index is 14.3. The van der Waals surface area contributed by atoms with Crippen LogP contribution in [0.5, 0.6) is 0 Å². The molecule has 0 amide bonds. The number of hydrogen-bond donors (Lipinski definition) is 0. The monoisotopic (exact) mass is 406 g/mol. The molecule has 2 fully saturated rings. The highest BCUT2D eigenvalue weighted by molar-refractivity contribution is 5.74. The highest BCUT2D eigenvalue weighted by Crippen LogP contribution is 2.33. The molecule has 4 nitrogen and oxygen atoms in total. The SMILES string of the molecule is CC.CC.CC.Cc1cc2c(N3CCC(N(C)C4CC4)CC3)cc(F)c(C)n2n1. The van der Waals surface area contributed by atoms with Gasteiger partial charge in [-0.3, -0.25) is 0 Å². The molecule has 166 valence electrons. The summed E-state index contributed by atoms with van der Waals surface area (Å²) in [5, 5.41) is 4.45. The van der Waals surface area contributed by atoms with E-state index in [0.29, 0.717) is 11.7 Å². The lowest BCUT2D eigenvalue weighted by atomic mass is 10.0. The quantitative estimate of drug-likeness (QED) is 0.603. The van der Waals surface area contributed by atoms with Crippen LogP contribution < -0.4 is 4.90 Å². The predicted molar refractivity (Wildman–Crippen MR) is 125 cm³/mol. The summed E-state index contributed by atoms with van der Waals surface area (Å²) in [5.41, 5.74) is 3.53. The molecular formula is C24H43FN4. The van der Waals surface area contributed by atoms with Gasteiger partial charge in [0.2, 0.25) is 0 Å². The van der Waals surface area contributed by atoms with Crippen molar-refractivity contribution in [1.29, 1.82) is 0 Å². The van der Waals surface area contributed by atoms with Crippen LogP contribution in [0, 0.1) is 19.7 Å². The molecule has 0 spiro atoms. The van der Waals surface area contributed by atoms with Gasteiger partial charge in [0.15, 0.2) is 0 Å². The molecule has 0 N–H and O–H groups in total. The third-order valence-electron chi connectivity index (χ3n) is 5.52. The number of hydrogen-bond acceptors (Lipinski definition) is 3. The highest BCUT2D eigenvalue weighted by Gasteiger charge is 2.33. The number of aryl methyl sites for hydroxylation is 2. The van der Waals surface area contributed by atoms with Crippen LogP contribution in [0.4, 0.5) is 10.1 Å².